The topological polar surface area (TPSA) is 57.6 Å². The third-order valence-corrected chi connectivity index (χ3v) is 3.30. The number of aliphatic carboxylic acids is 1. The molecule has 0 aromatic heterocycles. The number of rotatable bonds is 2. The highest BCUT2D eigenvalue weighted by atomic mass is 16.4. The lowest BCUT2D eigenvalue weighted by Crippen LogP contribution is -2.40. The van der Waals surface area contributed by atoms with Crippen LogP contribution in [0.5, 0.6) is 0 Å². The number of carbonyl (C=O) groups excluding carboxylic acids is 1. The smallest absolute Gasteiger partial charge is 0.303 e. The van der Waals surface area contributed by atoms with Gasteiger partial charge in [-0.25, -0.2) is 0 Å². The van der Waals surface area contributed by atoms with Crippen LogP contribution >= 0.6 is 0 Å². The van der Waals surface area contributed by atoms with Crippen LogP contribution in [-0.4, -0.2) is 34.5 Å². The quantitative estimate of drug-likeness (QED) is 0.714. The molecule has 2 aliphatic heterocycles. The molecule has 2 unspecified atom stereocenters. The maximum Gasteiger partial charge on any atom is 0.303 e. The molecular formula is C10H15NO3. The molecule has 14 heavy (non-hydrogen) atoms. The van der Waals surface area contributed by atoms with E-state index in [1.54, 1.807) is 0 Å². The summed E-state index contributed by atoms with van der Waals surface area (Å²) < 4.78 is 0. The average Bonchev–Trinajstić information content (AvgIpc) is 2.46. The molecule has 4 nitrogen and oxygen atoms in total. The SMILES string of the molecule is O=C(O)CC1CCN2C(=O)CCC2C1. The minimum absolute atomic E-state index is 0.253. The van der Waals surface area contributed by atoms with Crippen LogP contribution in [0, 0.1) is 5.92 Å². The number of nitrogens with zero attached hydrogens (tertiary/aromatic N) is 1. The molecule has 2 aliphatic rings. The Labute approximate surface area is 82.9 Å². The van der Waals surface area contributed by atoms with Gasteiger partial charge >= 0.3 is 5.97 Å². The molecule has 1 N–H and O–H groups in total. The van der Waals surface area contributed by atoms with Crippen LogP contribution in [0.3, 0.4) is 0 Å². The first-order valence-electron chi connectivity index (χ1n) is 5.18. The number of carbonyl (C=O) groups is 2. The van der Waals surface area contributed by atoms with Gasteiger partial charge in [0.2, 0.25) is 5.91 Å². The lowest BCUT2D eigenvalue weighted by molar-refractivity contribution is -0.138. The van der Waals surface area contributed by atoms with Crippen LogP contribution in [0.15, 0.2) is 0 Å². The van der Waals surface area contributed by atoms with Gasteiger partial charge in [-0.1, -0.05) is 0 Å². The van der Waals surface area contributed by atoms with E-state index in [4.69, 9.17) is 5.11 Å². The molecule has 78 valence electrons. The van der Waals surface area contributed by atoms with Gasteiger partial charge in [0, 0.05) is 25.4 Å². The molecule has 0 aromatic rings. The van der Waals surface area contributed by atoms with E-state index in [2.05, 4.69) is 0 Å². The number of carboxylic acid groups (broad SMARTS) is 1. The van der Waals surface area contributed by atoms with Gasteiger partial charge in [0.15, 0.2) is 0 Å². The van der Waals surface area contributed by atoms with Gasteiger partial charge in [0.1, 0.15) is 0 Å². The van der Waals surface area contributed by atoms with E-state index in [9.17, 15) is 9.59 Å². The summed E-state index contributed by atoms with van der Waals surface area (Å²) in [6.07, 6.45) is 3.59. The first-order chi connectivity index (χ1) is 6.66. The Bertz CT molecular complexity index is 264. The molecule has 0 aromatic carbocycles. The zero-order chi connectivity index (χ0) is 10.1. The highest BCUT2D eigenvalue weighted by Crippen LogP contribution is 2.32. The van der Waals surface area contributed by atoms with Crippen molar-refractivity contribution >= 4 is 11.9 Å². The highest BCUT2D eigenvalue weighted by molar-refractivity contribution is 5.79. The molecule has 0 bridgehead atoms. The van der Waals surface area contributed by atoms with Crippen LogP contribution in [-0.2, 0) is 9.59 Å². The summed E-state index contributed by atoms with van der Waals surface area (Å²) in [4.78, 5) is 23.8. The van der Waals surface area contributed by atoms with E-state index >= 15 is 0 Å². The molecular weight excluding hydrogens is 182 g/mol. The van der Waals surface area contributed by atoms with Crippen molar-refractivity contribution in [3.8, 4) is 0 Å². The summed E-state index contributed by atoms with van der Waals surface area (Å²) in [6, 6.07) is 0.334. The van der Waals surface area contributed by atoms with E-state index < -0.39 is 5.97 Å². The minimum Gasteiger partial charge on any atom is -0.481 e. The van der Waals surface area contributed by atoms with E-state index in [0.717, 1.165) is 25.8 Å². The summed E-state index contributed by atoms with van der Waals surface area (Å²) in [6.45, 7) is 0.765. The van der Waals surface area contributed by atoms with Gasteiger partial charge in [-0.15, -0.1) is 0 Å². The number of carboxylic acids is 1. The van der Waals surface area contributed by atoms with Gasteiger partial charge in [-0.05, 0) is 25.2 Å². The first kappa shape index (κ1) is 9.49. The van der Waals surface area contributed by atoms with Gasteiger partial charge < -0.3 is 10.0 Å². The third-order valence-electron chi connectivity index (χ3n) is 3.30. The maximum atomic E-state index is 11.3. The molecule has 2 saturated heterocycles. The monoisotopic (exact) mass is 197 g/mol. The molecule has 2 rings (SSSR count). The van der Waals surface area contributed by atoms with Crippen LogP contribution in [0.2, 0.25) is 0 Å². The van der Waals surface area contributed by atoms with Gasteiger partial charge in [0.05, 0.1) is 0 Å². The lowest BCUT2D eigenvalue weighted by atomic mass is 9.89. The van der Waals surface area contributed by atoms with Crippen molar-refractivity contribution < 1.29 is 14.7 Å². The van der Waals surface area contributed by atoms with Gasteiger partial charge in [-0.3, -0.25) is 9.59 Å². The second kappa shape index (κ2) is 3.59. The highest BCUT2D eigenvalue weighted by Gasteiger charge is 2.36. The number of fused-ring (bicyclic) bond motifs is 1. The Morgan fingerprint density at radius 3 is 3.00 bits per heavy atom. The molecule has 0 radical (unpaired) electrons. The molecule has 0 saturated carbocycles. The lowest BCUT2D eigenvalue weighted by Gasteiger charge is -2.34. The van der Waals surface area contributed by atoms with Gasteiger partial charge in [-0.2, -0.15) is 0 Å². The fraction of sp³-hybridized carbons (Fsp3) is 0.800. The minimum atomic E-state index is -0.715. The van der Waals surface area contributed by atoms with Crippen LogP contribution in [0.4, 0.5) is 0 Å². The standard InChI is InChI=1S/C10H15NO3/c12-9-2-1-8-5-7(6-10(13)14)3-4-11(8)9/h7-8H,1-6H2,(H,13,14). The average molecular weight is 197 g/mol. The fourth-order valence-electron chi connectivity index (χ4n) is 2.60. The summed E-state index contributed by atoms with van der Waals surface area (Å²) in [5.74, 6) is -0.184. The van der Waals surface area contributed by atoms with E-state index in [0.29, 0.717) is 12.5 Å². The molecule has 0 spiro atoms. The molecule has 2 fully saturated rings. The largest absolute Gasteiger partial charge is 0.481 e. The summed E-state index contributed by atoms with van der Waals surface area (Å²) in [7, 11) is 0. The number of amides is 1. The van der Waals surface area contributed by atoms with Crippen LogP contribution < -0.4 is 0 Å². The Kier molecular flexibility index (Phi) is 2.44. The Morgan fingerprint density at radius 1 is 1.50 bits per heavy atom. The van der Waals surface area contributed by atoms with Crippen molar-refractivity contribution in [2.45, 2.75) is 38.1 Å². The molecule has 2 atom stereocenters. The van der Waals surface area contributed by atoms with E-state index in [-0.39, 0.29) is 18.2 Å². The second-order valence-corrected chi connectivity index (χ2v) is 4.27. The fourth-order valence-corrected chi connectivity index (χ4v) is 2.60. The van der Waals surface area contributed by atoms with Crippen molar-refractivity contribution in [3.05, 3.63) is 0 Å². The maximum absolute atomic E-state index is 11.3. The van der Waals surface area contributed by atoms with E-state index in [1.165, 1.54) is 0 Å². The van der Waals surface area contributed by atoms with Crippen molar-refractivity contribution in [2.75, 3.05) is 6.54 Å². The number of piperidine rings is 1. The first-order valence-corrected chi connectivity index (χ1v) is 5.18. The van der Waals surface area contributed by atoms with E-state index in [1.807, 2.05) is 4.90 Å². The number of hydrogen-bond donors (Lipinski definition) is 1. The predicted octanol–water partition coefficient (Wildman–Crippen LogP) is 0.862. The molecule has 4 heteroatoms. The normalized spacial score (nSPS) is 31.7. The van der Waals surface area contributed by atoms with Crippen LogP contribution in [0.25, 0.3) is 0 Å². The van der Waals surface area contributed by atoms with Crippen molar-refractivity contribution in [2.24, 2.45) is 5.92 Å². The van der Waals surface area contributed by atoms with Crippen molar-refractivity contribution in [1.82, 2.24) is 4.90 Å². The summed E-state index contributed by atoms with van der Waals surface area (Å²) in [5.41, 5.74) is 0. The predicted molar refractivity (Wildman–Crippen MR) is 49.7 cm³/mol. The third kappa shape index (κ3) is 1.74. The number of hydrogen-bond acceptors (Lipinski definition) is 2. The van der Waals surface area contributed by atoms with Crippen molar-refractivity contribution in [3.63, 3.8) is 0 Å². The Morgan fingerprint density at radius 2 is 2.29 bits per heavy atom. The second-order valence-electron chi connectivity index (χ2n) is 4.27. The van der Waals surface area contributed by atoms with Gasteiger partial charge in [0.25, 0.3) is 0 Å². The summed E-state index contributed by atoms with van der Waals surface area (Å²) >= 11 is 0. The zero-order valence-electron chi connectivity index (χ0n) is 8.11. The van der Waals surface area contributed by atoms with Crippen LogP contribution in [0.1, 0.15) is 32.1 Å². The zero-order valence-corrected chi connectivity index (χ0v) is 8.11. The van der Waals surface area contributed by atoms with Crippen molar-refractivity contribution in [1.29, 1.82) is 0 Å². The summed E-state index contributed by atoms with van der Waals surface area (Å²) in [5, 5.41) is 8.68. The molecule has 2 heterocycles. The Balaban J connectivity index is 1.92. The molecule has 0 aliphatic carbocycles. The Hall–Kier alpha value is -1.06. The molecule has 1 amide bonds.